The first-order chi connectivity index (χ1) is 26.8. The van der Waals surface area contributed by atoms with Crippen LogP contribution in [0.15, 0.2) is 194 Å². The number of benzene rings is 10. The van der Waals surface area contributed by atoms with E-state index >= 15 is 0 Å². The third-order valence-corrected chi connectivity index (χ3v) is 11.6. The Morgan fingerprint density at radius 1 is 0.333 bits per heavy atom. The van der Waals surface area contributed by atoms with E-state index < -0.39 is 0 Å². The van der Waals surface area contributed by atoms with Crippen LogP contribution in [0, 0.1) is 0 Å². The van der Waals surface area contributed by atoms with Gasteiger partial charge in [0.2, 0.25) is 0 Å². The second kappa shape index (κ2) is 11.2. The molecule has 0 spiro atoms. The Kier molecular flexibility index (Phi) is 6.09. The molecule has 1 aliphatic rings. The molecule has 0 atom stereocenters. The molecular weight excluding hydrogens is 653 g/mol. The van der Waals surface area contributed by atoms with Crippen LogP contribution in [-0.2, 0) is 0 Å². The van der Waals surface area contributed by atoms with Crippen LogP contribution in [0.3, 0.4) is 0 Å². The lowest BCUT2D eigenvalue weighted by molar-refractivity contribution is 1.18. The van der Waals surface area contributed by atoms with Crippen molar-refractivity contribution in [2.45, 2.75) is 0 Å². The third kappa shape index (κ3) is 4.17. The van der Waals surface area contributed by atoms with Crippen LogP contribution in [-0.4, -0.2) is 4.57 Å². The van der Waals surface area contributed by atoms with E-state index in [-0.39, 0.29) is 0 Å². The van der Waals surface area contributed by atoms with E-state index in [4.69, 9.17) is 0 Å². The zero-order valence-electron chi connectivity index (χ0n) is 29.4. The SMILES string of the molecule is c1cc2c(c(N(c3ccc4ccccc4c3)c3ccc4c(c3)c3ccccc3n4-c3ccc4ccccc4c3)c1)-c1c3ccccc3cc3cccc-2c13. The van der Waals surface area contributed by atoms with Crippen molar-refractivity contribution >= 4 is 82.0 Å². The number of fused-ring (bicyclic) bond motifs is 10. The number of anilines is 3. The van der Waals surface area contributed by atoms with E-state index in [1.54, 1.807) is 0 Å². The molecule has 1 aromatic heterocycles. The minimum absolute atomic E-state index is 1.13. The van der Waals surface area contributed by atoms with Crippen LogP contribution in [0.1, 0.15) is 0 Å². The van der Waals surface area contributed by atoms with E-state index in [9.17, 15) is 0 Å². The molecule has 2 nitrogen and oxygen atoms in total. The van der Waals surface area contributed by atoms with Gasteiger partial charge in [-0.05, 0) is 115 Å². The Labute approximate surface area is 312 Å². The van der Waals surface area contributed by atoms with Gasteiger partial charge in [0.1, 0.15) is 0 Å². The van der Waals surface area contributed by atoms with Crippen molar-refractivity contribution in [2.75, 3.05) is 4.90 Å². The average Bonchev–Trinajstić information content (AvgIpc) is 3.75. The molecule has 2 heteroatoms. The molecule has 0 unspecified atom stereocenters. The van der Waals surface area contributed by atoms with Gasteiger partial charge in [-0.1, -0.05) is 133 Å². The second-order valence-corrected chi connectivity index (χ2v) is 14.5. The van der Waals surface area contributed by atoms with Crippen molar-refractivity contribution in [3.05, 3.63) is 194 Å². The molecule has 0 aliphatic heterocycles. The van der Waals surface area contributed by atoms with Gasteiger partial charge in [-0.25, -0.2) is 0 Å². The lowest BCUT2D eigenvalue weighted by Crippen LogP contribution is -2.11. The Hall–Kier alpha value is -7.16. The summed E-state index contributed by atoms with van der Waals surface area (Å²) in [6.07, 6.45) is 0. The second-order valence-electron chi connectivity index (χ2n) is 14.5. The van der Waals surface area contributed by atoms with Gasteiger partial charge < -0.3 is 9.47 Å². The van der Waals surface area contributed by atoms with Crippen molar-refractivity contribution in [1.29, 1.82) is 0 Å². The van der Waals surface area contributed by atoms with Gasteiger partial charge in [-0.15, -0.1) is 0 Å². The van der Waals surface area contributed by atoms with Crippen LogP contribution in [0.25, 0.3) is 92.8 Å². The Morgan fingerprint density at radius 2 is 0.944 bits per heavy atom. The van der Waals surface area contributed by atoms with Gasteiger partial charge in [0.05, 0.1) is 16.7 Å². The molecule has 0 radical (unpaired) electrons. The molecule has 0 saturated heterocycles. The lowest BCUT2D eigenvalue weighted by atomic mass is 9.94. The zero-order valence-corrected chi connectivity index (χ0v) is 29.4. The molecule has 0 amide bonds. The largest absolute Gasteiger partial charge is 0.310 e. The molecule has 1 aliphatic carbocycles. The first-order valence-electron chi connectivity index (χ1n) is 18.7. The Morgan fingerprint density at radius 3 is 1.80 bits per heavy atom. The first kappa shape index (κ1) is 29.4. The molecule has 250 valence electrons. The summed E-state index contributed by atoms with van der Waals surface area (Å²) < 4.78 is 2.42. The highest BCUT2D eigenvalue weighted by atomic mass is 15.1. The summed E-state index contributed by atoms with van der Waals surface area (Å²) in [5.74, 6) is 0. The minimum Gasteiger partial charge on any atom is -0.310 e. The fraction of sp³-hybridized carbons (Fsp3) is 0. The van der Waals surface area contributed by atoms with E-state index in [1.807, 2.05) is 0 Å². The molecule has 54 heavy (non-hydrogen) atoms. The van der Waals surface area contributed by atoms with E-state index in [0.29, 0.717) is 0 Å². The summed E-state index contributed by atoms with van der Waals surface area (Å²) in [5.41, 5.74) is 12.2. The molecule has 0 bridgehead atoms. The molecular formula is C52H32N2. The Bertz CT molecular complexity index is 3350. The topological polar surface area (TPSA) is 8.17 Å². The molecule has 0 fully saturated rings. The molecule has 0 saturated carbocycles. The number of nitrogens with zero attached hydrogens (tertiary/aromatic N) is 2. The van der Waals surface area contributed by atoms with Crippen molar-refractivity contribution in [3.63, 3.8) is 0 Å². The first-order valence-corrected chi connectivity index (χ1v) is 18.7. The fourth-order valence-corrected chi connectivity index (χ4v) is 9.26. The fourth-order valence-electron chi connectivity index (χ4n) is 9.26. The van der Waals surface area contributed by atoms with Gasteiger partial charge in [-0.3, -0.25) is 0 Å². The number of para-hydroxylation sites is 1. The summed E-state index contributed by atoms with van der Waals surface area (Å²) >= 11 is 0. The quantitative estimate of drug-likeness (QED) is 0.168. The predicted molar refractivity (Wildman–Crippen MR) is 230 cm³/mol. The molecule has 10 aromatic carbocycles. The molecule has 1 heterocycles. The van der Waals surface area contributed by atoms with Gasteiger partial charge in [0.15, 0.2) is 0 Å². The third-order valence-electron chi connectivity index (χ3n) is 11.6. The molecule has 0 N–H and O–H groups in total. The lowest BCUT2D eigenvalue weighted by Gasteiger charge is -2.29. The molecule has 12 rings (SSSR count). The predicted octanol–water partition coefficient (Wildman–Crippen LogP) is 14.5. The van der Waals surface area contributed by atoms with E-state index in [1.165, 1.54) is 92.8 Å². The minimum atomic E-state index is 1.13. The van der Waals surface area contributed by atoms with Gasteiger partial charge >= 0.3 is 0 Å². The van der Waals surface area contributed by atoms with Crippen LogP contribution >= 0.6 is 0 Å². The van der Waals surface area contributed by atoms with Crippen molar-refractivity contribution in [1.82, 2.24) is 4.57 Å². The number of hydrogen-bond acceptors (Lipinski definition) is 1. The van der Waals surface area contributed by atoms with E-state index in [2.05, 4.69) is 204 Å². The summed E-state index contributed by atoms with van der Waals surface area (Å²) in [7, 11) is 0. The highest BCUT2D eigenvalue weighted by Crippen LogP contribution is 2.56. The van der Waals surface area contributed by atoms with E-state index in [0.717, 1.165) is 17.1 Å². The summed E-state index contributed by atoms with van der Waals surface area (Å²) in [6, 6.07) is 71.7. The highest BCUT2D eigenvalue weighted by molar-refractivity contribution is 6.26. The maximum absolute atomic E-state index is 2.49. The van der Waals surface area contributed by atoms with Crippen LogP contribution in [0.4, 0.5) is 17.1 Å². The monoisotopic (exact) mass is 684 g/mol. The highest BCUT2D eigenvalue weighted by Gasteiger charge is 2.29. The standard InChI is InChI=1S/C52H32N2/c1-3-13-35-30-39(25-23-33(35)11-1)53(49-22-10-20-45-44-19-9-16-38-29-37-15-5-6-17-42(37)52(50(38)44)51(45)49)41-27-28-48-46(32-41)43-18-7-8-21-47(43)54(48)40-26-24-34-12-2-4-14-36(34)31-40/h1-32H. The summed E-state index contributed by atoms with van der Waals surface area (Å²) in [5, 5.41) is 12.6. The van der Waals surface area contributed by atoms with Gasteiger partial charge in [0, 0.05) is 39.0 Å². The number of aromatic nitrogens is 1. The summed E-state index contributed by atoms with van der Waals surface area (Å²) in [4.78, 5) is 2.49. The smallest absolute Gasteiger partial charge is 0.0546 e. The van der Waals surface area contributed by atoms with Crippen molar-refractivity contribution in [3.8, 4) is 27.9 Å². The normalized spacial score (nSPS) is 12.1. The number of hydrogen-bond donors (Lipinski definition) is 0. The maximum atomic E-state index is 2.49. The zero-order chi connectivity index (χ0) is 35.3. The summed E-state index contributed by atoms with van der Waals surface area (Å²) in [6.45, 7) is 0. The van der Waals surface area contributed by atoms with Crippen molar-refractivity contribution in [2.24, 2.45) is 0 Å². The van der Waals surface area contributed by atoms with Crippen LogP contribution in [0.2, 0.25) is 0 Å². The van der Waals surface area contributed by atoms with Gasteiger partial charge in [0.25, 0.3) is 0 Å². The number of rotatable bonds is 4. The Balaban J connectivity index is 1.15. The van der Waals surface area contributed by atoms with Crippen molar-refractivity contribution < 1.29 is 0 Å². The maximum Gasteiger partial charge on any atom is 0.0546 e. The van der Waals surface area contributed by atoms with Crippen LogP contribution in [0.5, 0.6) is 0 Å². The average molecular weight is 685 g/mol. The molecule has 11 aromatic rings. The van der Waals surface area contributed by atoms with Gasteiger partial charge in [-0.2, -0.15) is 0 Å². The van der Waals surface area contributed by atoms with Crippen LogP contribution < -0.4 is 4.90 Å².